The number of ether oxygens (including phenoxy) is 1. The van der Waals surface area contributed by atoms with Crippen LogP contribution >= 0.6 is 0 Å². The third-order valence-corrected chi connectivity index (χ3v) is 1.12. The van der Waals surface area contributed by atoms with E-state index in [1.165, 1.54) is 0 Å². The van der Waals surface area contributed by atoms with Gasteiger partial charge in [0, 0.05) is 12.4 Å². The van der Waals surface area contributed by atoms with Gasteiger partial charge >= 0.3 is 5.97 Å². The zero-order valence-electron chi connectivity index (χ0n) is 9.30. The molecule has 0 aliphatic heterocycles. The molecule has 0 saturated heterocycles. The summed E-state index contributed by atoms with van der Waals surface area (Å²) >= 11 is 0. The number of hydrogen-bond donors (Lipinski definition) is 1. The second kappa shape index (κ2) is 6.95. The minimum absolute atomic E-state index is 0.486. The first-order chi connectivity index (χ1) is 6.95. The van der Waals surface area contributed by atoms with Gasteiger partial charge < -0.3 is 9.84 Å². The van der Waals surface area contributed by atoms with Gasteiger partial charge in [-0.05, 0) is 32.9 Å². The average molecular weight is 211 g/mol. The number of rotatable bonds is 1. The van der Waals surface area contributed by atoms with Crippen LogP contribution < -0.4 is 0 Å². The van der Waals surface area contributed by atoms with Gasteiger partial charge in [-0.2, -0.15) is 0 Å². The highest BCUT2D eigenvalue weighted by atomic mass is 16.6. The van der Waals surface area contributed by atoms with Crippen molar-refractivity contribution in [1.82, 2.24) is 4.98 Å². The van der Waals surface area contributed by atoms with E-state index in [4.69, 9.17) is 9.84 Å². The quantitative estimate of drug-likeness (QED) is 0.713. The molecule has 0 aromatic carbocycles. The Hall–Kier alpha value is -1.42. The zero-order chi connectivity index (χ0) is 11.7. The van der Waals surface area contributed by atoms with Crippen LogP contribution in [0, 0.1) is 0 Å². The molecule has 1 N–H and O–H groups in total. The molecule has 0 atom stereocenters. The van der Waals surface area contributed by atoms with Crippen molar-refractivity contribution in [3.05, 3.63) is 30.6 Å². The minimum Gasteiger partial charge on any atom is -0.458 e. The molecule has 4 nitrogen and oxygen atoms in total. The van der Waals surface area contributed by atoms with Gasteiger partial charge in [0.05, 0.1) is 0 Å². The summed E-state index contributed by atoms with van der Waals surface area (Å²) in [5.74, 6) is -0.581. The number of aliphatic hydroxyl groups is 1. The maximum absolute atomic E-state index is 10.4. The summed E-state index contributed by atoms with van der Waals surface area (Å²) in [6.07, 6.45) is 3.50. The van der Waals surface area contributed by atoms with Crippen LogP contribution in [0.2, 0.25) is 0 Å². The fourth-order valence-corrected chi connectivity index (χ4v) is 0.686. The summed E-state index contributed by atoms with van der Waals surface area (Å²) in [4.78, 5) is 14.1. The van der Waals surface area contributed by atoms with Gasteiger partial charge in [0.25, 0.3) is 0 Å². The molecule has 84 valence electrons. The molecule has 0 radical (unpaired) electrons. The Balaban J connectivity index is 0.000000280. The summed E-state index contributed by atoms with van der Waals surface area (Å²) in [6.45, 7) is 4.71. The third kappa shape index (κ3) is 10.5. The van der Waals surface area contributed by atoms with Gasteiger partial charge in [-0.15, -0.1) is 0 Å². The molecule has 4 heteroatoms. The second-order valence-electron chi connectivity index (χ2n) is 3.77. The van der Waals surface area contributed by atoms with E-state index in [-0.39, 0.29) is 0 Å². The van der Waals surface area contributed by atoms with Gasteiger partial charge in [0.2, 0.25) is 0 Å². The van der Waals surface area contributed by atoms with E-state index in [0.29, 0.717) is 0 Å². The van der Waals surface area contributed by atoms with E-state index in [2.05, 4.69) is 4.98 Å². The van der Waals surface area contributed by atoms with Crippen molar-refractivity contribution in [2.45, 2.75) is 26.4 Å². The maximum atomic E-state index is 10.4. The standard InChI is InChI=1S/C6H12O3.C5H5N/c1-6(2,3)9-5(8)4-7;1-2-4-6-5-3-1/h7H,4H2,1-3H3;1-5H. The molecule has 0 unspecified atom stereocenters. The van der Waals surface area contributed by atoms with E-state index in [9.17, 15) is 4.79 Å². The zero-order valence-corrected chi connectivity index (χ0v) is 9.30. The summed E-state index contributed by atoms with van der Waals surface area (Å²) in [5, 5.41) is 8.22. The highest BCUT2D eigenvalue weighted by Crippen LogP contribution is 2.05. The van der Waals surface area contributed by atoms with E-state index >= 15 is 0 Å². The number of carbonyl (C=O) groups is 1. The van der Waals surface area contributed by atoms with E-state index < -0.39 is 18.2 Å². The van der Waals surface area contributed by atoms with Crippen LogP contribution in [0.15, 0.2) is 30.6 Å². The molecule has 0 amide bonds. The number of hydrogen-bond acceptors (Lipinski definition) is 4. The molecular weight excluding hydrogens is 194 g/mol. The minimum atomic E-state index is -0.581. The van der Waals surface area contributed by atoms with Gasteiger partial charge in [-0.3, -0.25) is 4.98 Å². The van der Waals surface area contributed by atoms with Crippen LogP contribution in [0.3, 0.4) is 0 Å². The van der Waals surface area contributed by atoms with Crippen LogP contribution in [-0.4, -0.2) is 28.3 Å². The number of carbonyl (C=O) groups excluding carboxylic acids is 1. The van der Waals surface area contributed by atoms with Crippen molar-refractivity contribution in [1.29, 1.82) is 0 Å². The Morgan fingerprint density at radius 2 is 1.80 bits per heavy atom. The van der Waals surface area contributed by atoms with Crippen LogP contribution in [-0.2, 0) is 9.53 Å². The molecule has 1 aromatic rings. The molecule has 1 rings (SSSR count). The van der Waals surface area contributed by atoms with Crippen molar-refractivity contribution in [2.75, 3.05) is 6.61 Å². The first-order valence-corrected chi connectivity index (χ1v) is 4.63. The highest BCUT2D eigenvalue weighted by molar-refractivity contribution is 5.70. The lowest BCUT2D eigenvalue weighted by Crippen LogP contribution is -2.25. The molecule has 1 aromatic heterocycles. The van der Waals surface area contributed by atoms with Crippen molar-refractivity contribution in [3.63, 3.8) is 0 Å². The second-order valence-corrected chi connectivity index (χ2v) is 3.77. The first-order valence-electron chi connectivity index (χ1n) is 4.63. The first kappa shape index (κ1) is 13.6. The summed E-state index contributed by atoms with van der Waals surface area (Å²) in [5.41, 5.74) is -0.486. The fraction of sp³-hybridized carbons (Fsp3) is 0.455. The number of pyridine rings is 1. The Labute approximate surface area is 89.9 Å². The van der Waals surface area contributed by atoms with Crippen molar-refractivity contribution in [3.8, 4) is 0 Å². The van der Waals surface area contributed by atoms with E-state index in [0.717, 1.165) is 0 Å². The van der Waals surface area contributed by atoms with Gasteiger partial charge in [0.1, 0.15) is 12.2 Å². The van der Waals surface area contributed by atoms with Crippen molar-refractivity contribution >= 4 is 5.97 Å². The number of aromatic nitrogens is 1. The maximum Gasteiger partial charge on any atom is 0.332 e. The molecule has 1 heterocycles. The molecule has 15 heavy (non-hydrogen) atoms. The molecule has 0 aliphatic rings. The molecule has 0 aliphatic carbocycles. The lowest BCUT2D eigenvalue weighted by molar-refractivity contribution is -0.158. The Morgan fingerprint density at radius 1 is 1.27 bits per heavy atom. The number of aliphatic hydroxyl groups excluding tert-OH is 1. The molecule has 0 saturated carbocycles. The van der Waals surface area contributed by atoms with Crippen molar-refractivity contribution < 1.29 is 14.6 Å². The van der Waals surface area contributed by atoms with Crippen LogP contribution in [0.4, 0.5) is 0 Å². The molecular formula is C11H17NO3. The third-order valence-electron chi connectivity index (χ3n) is 1.12. The number of esters is 1. The summed E-state index contributed by atoms with van der Waals surface area (Å²) in [6, 6.07) is 5.72. The highest BCUT2D eigenvalue weighted by Gasteiger charge is 2.14. The Kier molecular flexibility index (Phi) is 6.29. The normalized spacial score (nSPS) is 9.87. The lowest BCUT2D eigenvalue weighted by Gasteiger charge is -2.18. The lowest BCUT2D eigenvalue weighted by atomic mass is 10.2. The topological polar surface area (TPSA) is 59.4 Å². The SMILES string of the molecule is CC(C)(C)OC(=O)CO.c1ccncc1. The van der Waals surface area contributed by atoms with Crippen LogP contribution in [0.25, 0.3) is 0 Å². The molecule has 0 fully saturated rings. The van der Waals surface area contributed by atoms with Crippen LogP contribution in [0.5, 0.6) is 0 Å². The Morgan fingerprint density at radius 3 is 1.93 bits per heavy atom. The number of nitrogens with zero attached hydrogens (tertiary/aromatic N) is 1. The van der Waals surface area contributed by atoms with E-state index in [1.54, 1.807) is 33.2 Å². The molecule has 0 spiro atoms. The Bertz CT molecular complexity index is 240. The average Bonchev–Trinajstić information content (AvgIpc) is 2.19. The van der Waals surface area contributed by atoms with Gasteiger partial charge in [-0.25, -0.2) is 4.79 Å². The van der Waals surface area contributed by atoms with Gasteiger partial charge in [0.15, 0.2) is 0 Å². The van der Waals surface area contributed by atoms with E-state index in [1.807, 2.05) is 18.2 Å². The predicted octanol–water partition coefficient (Wildman–Crippen LogP) is 1.40. The summed E-state index contributed by atoms with van der Waals surface area (Å²) < 4.78 is 4.70. The van der Waals surface area contributed by atoms with Gasteiger partial charge in [-0.1, -0.05) is 6.07 Å². The summed E-state index contributed by atoms with van der Waals surface area (Å²) in [7, 11) is 0. The fourth-order valence-electron chi connectivity index (χ4n) is 0.686. The van der Waals surface area contributed by atoms with Crippen LogP contribution in [0.1, 0.15) is 20.8 Å². The largest absolute Gasteiger partial charge is 0.458 e. The predicted molar refractivity (Wildman–Crippen MR) is 57.2 cm³/mol. The molecule has 0 bridgehead atoms. The van der Waals surface area contributed by atoms with Crippen molar-refractivity contribution in [2.24, 2.45) is 0 Å². The monoisotopic (exact) mass is 211 g/mol. The smallest absolute Gasteiger partial charge is 0.332 e.